The van der Waals surface area contributed by atoms with E-state index in [0.29, 0.717) is 5.28 Å². The molecule has 0 atom stereocenters. The summed E-state index contributed by atoms with van der Waals surface area (Å²) in [5.41, 5.74) is 0.187. The predicted octanol–water partition coefficient (Wildman–Crippen LogP) is 3.70. The summed E-state index contributed by atoms with van der Waals surface area (Å²) in [6.45, 7) is 2.23. The molecular formula is C11H12ClN3S. The molecule has 0 aromatic carbocycles. The summed E-state index contributed by atoms with van der Waals surface area (Å²) < 4.78 is 0. The topological polar surface area (TPSA) is 37.8 Å². The number of nitrogens with zero attached hydrogens (tertiary/aromatic N) is 2. The Hall–Kier alpha value is -0.870. The molecule has 0 radical (unpaired) electrons. The molecule has 1 aliphatic carbocycles. The van der Waals surface area contributed by atoms with E-state index in [0.717, 1.165) is 16.0 Å². The van der Waals surface area contributed by atoms with E-state index in [-0.39, 0.29) is 5.54 Å². The summed E-state index contributed by atoms with van der Waals surface area (Å²) >= 11 is 7.51. The van der Waals surface area contributed by atoms with Gasteiger partial charge >= 0.3 is 0 Å². The highest BCUT2D eigenvalue weighted by atomic mass is 35.5. The zero-order valence-corrected chi connectivity index (χ0v) is 10.5. The molecule has 84 valence electrons. The van der Waals surface area contributed by atoms with Gasteiger partial charge in [-0.1, -0.05) is 0 Å². The Morgan fingerprint density at radius 3 is 2.94 bits per heavy atom. The largest absolute Gasteiger partial charge is 0.364 e. The van der Waals surface area contributed by atoms with Crippen LogP contribution in [0.4, 0.5) is 5.82 Å². The van der Waals surface area contributed by atoms with Gasteiger partial charge in [0, 0.05) is 5.54 Å². The maximum Gasteiger partial charge on any atom is 0.225 e. The first-order chi connectivity index (χ1) is 7.66. The fraction of sp³-hybridized carbons (Fsp3) is 0.455. The summed E-state index contributed by atoms with van der Waals surface area (Å²) in [7, 11) is 0. The molecule has 2 heterocycles. The highest BCUT2D eigenvalue weighted by Gasteiger charge is 2.32. The van der Waals surface area contributed by atoms with Gasteiger partial charge in [-0.05, 0) is 49.2 Å². The van der Waals surface area contributed by atoms with Crippen LogP contribution < -0.4 is 5.32 Å². The summed E-state index contributed by atoms with van der Waals surface area (Å²) in [6.07, 6.45) is 3.68. The van der Waals surface area contributed by atoms with Gasteiger partial charge in [-0.2, -0.15) is 0 Å². The maximum atomic E-state index is 5.92. The van der Waals surface area contributed by atoms with Gasteiger partial charge in [0.05, 0.1) is 5.39 Å². The van der Waals surface area contributed by atoms with Crippen LogP contribution in [0.15, 0.2) is 11.4 Å². The zero-order valence-electron chi connectivity index (χ0n) is 8.96. The Labute approximate surface area is 103 Å². The lowest BCUT2D eigenvalue weighted by atomic mass is 9.78. The van der Waals surface area contributed by atoms with Gasteiger partial charge < -0.3 is 5.32 Å². The molecule has 0 unspecified atom stereocenters. The van der Waals surface area contributed by atoms with Crippen molar-refractivity contribution in [1.29, 1.82) is 0 Å². The molecule has 1 aliphatic rings. The molecule has 2 aromatic heterocycles. The minimum absolute atomic E-state index is 0.187. The first-order valence-electron chi connectivity index (χ1n) is 5.35. The molecule has 1 N–H and O–H groups in total. The molecule has 0 bridgehead atoms. The number of hydrogen-bond acceptors (Lipinski definition) is 4. The summed E-state index contributed by atoms with van der Waals surface area (Å²) in [5, 5.41) is 6.91. The number of thiophene rings is 1. The quantitative estimate of drug-likeness (QED) is 0.830. The van der Waals surface area contributed by atoms with Gasteiger partial charge in [0.25, 0.3) is 0 Å². The van der Waals surface area contributed by atoms with Gasteiger partial charge in [0.1, 0.15) is 10.6 Å². The van der Waals surface area contributed by atoms with Crippen LogP contribution >= 0.6 is 22.9 Å². The van der Waals surface area contributed by atoms with E-state index < -0.39 is 0 Å². The van der Waals surface area contributed by atoms with Gasteiger partial charge in [0.2, 0.25) is 5.28 Å². The molecule has 0 amide bonds. The van der Waals surface area contributed by atoms with Gasteiger partial charge in [-0.25, -0.2) is 9.97 Å². The third-order valence-electron chi connectivity index (χ3n) is 3.18. The van der Waals surface area contributed by atoms with Crippen LogP contribution in [0.5, 0.6) is 0 Å². The molecule has 1 saturated carbocycles. The van der Waals surface area contributed by atoms with Crippen molar-refractivity contribution in [1.82, 2.24) is 9.97 Å². The SMILES string of the molecule is CC1(Nc2nc(Cl)nc3sccc23)CCC1. The van der Waals surface area contributed by atoms with Crippen LogP contribution in [0, 0.1) is 0 Å². The molecule has 3 rings (SSSR count). The zero-order chi connectivity index (χ0) is 11.2. The van der Waals surface area contributed by atoms with E-state index in [9.17, 15) is 0 Å². The van der Waals surface area contributed by atoms with Crippen LogP contribution in [0.2, 0.25) is 5.28 Å². The standard InChI is InChI=1S/C11H12ClN3S/c1-11(4-2-5-11)15-8-7-3-6-16-9(7)14-10(12)13-8/h3,6H,2,4-5H2,1H3,(H,13,14,15). The minimum atomic E-state index is 0.187. The highest BCUT2D eigenvalue weighted by molar-refractivity contribution is 7.16. The fourth-order valence-corrected chi connectivity index (χ4v) is 3.03. The molecular weight excluding hydrogens is 242 g/mol. The Morgan fingerprint density at radius 1 is 1.44 bits per heavy atom. The van der Waals surface area contributed by atoms with Crippen LogP contribution in [0.3, 0.4) is 0 Å². The number of nitrogens with one attached hydrogen (secondary N) is 1. The Balaban J connectivity index is 2.04. The van der Waals surface area contributed by atoms with Crippen molar-refractivity contribution >= 4 is 39.0 Å². The molecule has 16 heavy (non-hydrogen) atoms. The second-order valence-corrected chi connectivity index (χ2v) is 5.75. The molecule has 5 heteroatoms. The summed E-state index contributed by atoms with van der Waals surface area (Å²) in [5.74, 6) is 0.874. The number of fused-ring (bicyclic) bond motifs is 1. The van der Waals surface area contributed by atoms with Crippen molar-refractivity contribution in [2.45, 2.75) is 31.7 Å². The minimum Gasteiger partial charge on any atom is -0.364 e. The Kier molecular flexibility index (Phi) is 2.30. The molecule has 0 saturated heterocycles. The Morgan fingerprint density at radius 2 is 2.25 bits per heavy atom. The van der Waals surface area contributed by atoms with Crippen LogP contribution in [-0.4, -0.2) is 15.5 Å². The van der Waals surface area contributed by atoms with Gasteiger partial charge in [0.15, 0.2) is 0 Å². The maximum absolute atomic E-state index is 5.92. The molecule has 2 aromatic rings. The number of hydrogen-bond donors (Lipinski definition) is 1. The average Bonchev–Trinajstić information content (AvgIpc) is 2.63. The second kappa shape index (κ2) is 3.57. The number of aromatic nitrogens is 2. The van der Waals surface area contributed by atoms with E-state index in [1.165, 1.54) is 19.3 Å². The fourth-order valence-electron chi connectivity index (χ4n) is 2.04. The number of anilines is 1. The van der Waals surface area contributed by atoms with E-state index in [1.54, 1.807) is 11.3 Å². The number of rotatable bonds is 2. The molecule has 1 fully saturated rings. The van der Waals surface area contributed by atoms with Crippen molar-refractivity contribution < 1.29 is 0 Å². The molecule has 0 aliphatic heterocycles. The first kappa shape index (κ1) is 10.3. The van der Waals surface area contributed by atoms with E-state index in [2.05, 4.69) is 22.2 Å². The van der Waals surface area contributed by atoms with Crippen LogP contribution in [0.1, 0.15) is 26.2 Å². The highest BCUT2D eigenvalue weighted by Crippen LogP contribution is 2.36. The van der Waals surface area contributed by atoms with Gasteiger partial charge in [-0.15, -0.1) is 11.3 Å². The third-order valence-corrected chi connectivity index (χ3v) is 4.15. The lowest BCUT2D eigenvalue weighted by Crippen LogP contribution is -2.41. The first-order valence-corrected chi connectivity index (χ1v) is 6.61. The summed E-state index contributed by atoms with van der Waals surface area (Å²) in [4.78, 5) is 9.44. The summed E-state index contributed by atoms with van der Waals surface area (Å²) in [6, 6.07) is 2.04. The molecule has 3 nitrogen and oxygen atoms in total. The lowest BCUT2D eigenvalue weighted by molar-refractivity contribution is 0.306. The lowest BCUT2D eigenvalue weighted by Gasteiger charge is -2.39. The van der Waals surface area contributed by atoms with Crippen LogP contribution in [-0.2, 0) is 0 Å². The van der Waals surface area contributed by atoms with E-state index in [4.69, 9.17) is 11.6 Å². The Bertz CT molecular complexity index is 533. The van der Waals surface area contributed by atoms with Gasteiger partial charge in [-0.3, -0.25) is 0 Å². The molecule has 0 spiro atoms. The second-order valence-electron chi connectivity index (χ2n) is 4.52. The van der Waals surface area contributed by atoms with Crippen LogP contribution in [0.25, 0.3) is 10.2 Å². The number of halogens is 1. The van der Waals surface area contributed by atoms with Crippen molar-refractivity contribution in [3.05, 3.63) is 16.7 Å². The monoisotopic (exact) mass is 253 g/mol. The normalized spacial score (nSPS) is 18.4. The average molecular weight is 254 g/mol. The van der Waals surface area contributed by atoms with Crippen molar-refractivity contribution in [2.75, 3.05) is 5.32 Å². The van der Waals surface area contributed by atoms with E-state index in [1.807, 2.05) is 11.4 Å². The van der Waals surface area contributed by atoms with Crippen molar-refractivity contribution in [2.24, 2.45) is 0 Å². The smallest absolute Gasteiger partial charge is 0.225 e. The van der Waals surface area contributed by atoms with Crippen molar-refractivity contribution in [3.63, 3.8) is 0 Å². The van der Waals surface area contributed by atoms with Crippen molar-refractivity contribution in [3.8, 4) is 0 Å². The third kappa shape index (κ3) is 1.66. The predicted molar refractivity (Wildman–Crippen MR) is 68.3 cm³/mol. The van der Waals surface area contributed by atoms with E-state index >= 15 is 0 Å².